The molecule has 4 rings (SSSR count). The number of nitrogen functional groups attached to an aromatic ring is 1. The highest BCUT2D eigenvalue weighted by molar-refractivity contribution is 7.99. The van der Waals surface area contributed by atoms with Crippen LogP contribution < -0.4 is 5.84 Å². The third kappa shape index (κ3) is 2.45. The molecule has 0 aliphatic carbocycles. The summed E-state index contributed by atoms with van der Waals surface area (Å²) in [5, 5.41) is 12.8. The summed E-state index contributed by atoms with van der Waals surface area (Å²) in [7, 11) is 0. The molecule has 0 unspecified atom stereocenters. The van der Waals surface area contributed by atoms with Crippen LogP contribution in [-0.2, 0) is 6.42 Å². The van der Waals surface area contributed by atoms with Crippen LogP contribution in [0.4, 0.5) is 0 Å². The number of rotatable bonds is 4. The van der Waals surface area contributed by atoms with E-state index >= 15 is 0 Å². The highest BCUT2D eigenvalue weighted by Gasteiger charge is 2.18. The summed E-state index contributed by atoms with van der Waals surface area (Å²) in [5.41, 5.74) is 0.828. The summed E-state index contributed by atoms with van der Waals surface area (Å²) in [5.74, 6) is 8.31. The molecule has 0 aliphatic heterocycles. The third-order valence-electron chi connectivity index (χ3n) is 3.60. The van der Waals surface area contributed by atoms with E-state index in [0.29, 0.717) is 11.0 Å². The van der Waals surface area contributed by atoms with E-state index in [0.717, 1.165) is 38.8 Å². The van der Waals surface area contributed by atoms with E-state index in [1.807, 2.05) is 31.4 Å². The first-order chi connectivity index (χ1) is 11.7. The van der Waals surface area contributed by atoms with Gasteiger partial charge in [-0.05, 0) is 36.2 Å². The first kappa shape index (κ1) is 15.2. The predicted octanol–water partition coefficient (Wildman–Crippen LogP) is 3.28. The van der Waals surface area contributed by atoms with Crippen molar-refractivity contribution in [3.8, 4) is 11.4 Å². The van der Waals surface area contributed by atoms with Gasteiger partial charge in [0.25, 0.3) is 0 Å². The zero-order valence-corrected chi connectivity index (χ0v) is 14.7. The number of fused-ring (bicyclic) bond motifs is 1. The van der Waals surface area contributed by atoms with Gasteiger partial charge in [-0.2, -0.15) is 0 Å². The molecule has 0 saturated carbocycles. The van der Waals surface area contributed by atoms with Crippen molar-refractivity contribution in [3.05, 3.63) is 35.4 Å². The summed E-state index contributed by atoms with van der Waals surface area (Å²) in [6.07, 6.45) is 2.38. The van der Waals surface area contributed by atoms with Gasteiger partial charge in [-0.3, -0.25) is 0 Å². The molecular weight excluding hydrogens is 344 g/mol. The Morgan fingerprint density at radius 2 is 2.17 bits per heavy atom. The number of furan rings is 1. The minimum atomic E-state index is 0.565. The lowest BCUT2D eigenvalue weighted by atomic mass is 10.2. The second-order valence-corrected chi connectivity index (χ2v) is 6.96. The van der Waals surface area contributed by atoms with Crippen molar-refractivity contribution in [2.75, 3.05) is 5.84 Å². The molecule has 0 spiro atoms. The van der Waals surface area contributed by atoms with Crippen LogP contribution in [0.2, 0.25) is 0 Å². The topological polar surface area (TPSA) is 95.7 Å². The number of nitrogens with two attached hydrogens (primary N) is 1. The summed E-state index contributed by atoms with van der Waals surface area (Å²) >= 11 is 2.99. The monoisotopic (exact) mass is 358 g/mol. The minimum Gasteiger partial charge on any atom is -0.469 e. The quantitative estimate of drug-likeness (QED) is 0.442. The van der Waals surface area contributed by atoms with E-state index in [9.17, 15) is 0 Å². The van der Waals surface area contributed by atoms with Crippen LogP contribution in [0.1, 0.15) is 18.5 Å². The smallest absolute Gasteiger partial charge is 0.216 e. The number of aryl methyl sites for hydroxylation is 2. The van der Waals surface area contributed by atoms with Crippen molar-refractivity contribution >= 4 is 33.3 Å². The van der Waals surface area contributed by atoms with E-state index in [4.69, 9.17) is 10.3 Å². The maximum atomic E-state index is 6.19. The highest BCUT2D eigenvalue weighted by atomic mass is 32.2. The Labute approximate surface area is 145 Å². The maximum absolute atomic E-state index is 6.19. The molecular formula is C15H14N6OS2. The number of nitrogens with zero attached hydrogens (tertiary/aromatic N) is 5. The number of aromatic nitrogens is 5. The molecule has 0 aliphatic rings. The number of hydrogen-bond acceptors (Lipinski definition) is 8. The zero-order chi connectivity index (χ0) is 16.7. The van der Waals surface area contributed by atoms with Crippen molar-refractivity contribution in [2.24, 2.45) is 0 Å². The first-order valence-corrected chi connectivity index (χ1v) is 9.04. The summed E-state index contributed by atoms with van der Waals surface area (Å²) < 4.78 is 6.78. The molecule has 0 aromatic carbocycles. The lowest BCUT2D eigenvalue weighted by Crippen LogP contribution is -2.11. The van der Waals surface area contributed by atoms with Crippen molar-refractivity contribution in [3.63, 3.8) is 0 Å². The van der Waals surface area contributed by atoms with Crippen LogP contribution in [0, 0.1) is 6.92 Å². The van der Waals surface area contributed by atoms with Crippen LogP contribution in [0.15, 0.2) is 38.4 Å². The molecule has 9 heteroatoms. The normalized spacial score (nSPS) is 11.4. The lowest BCUT2D eigenvalue weighted by molar-refractivity contribution is 0.535. The molecule has 122 valence electrons. The molecule has 4 aromatic rings. The molecule has 24 heavy (non-hydrogen) atoms. The van der Waals surface area contributed by atoms with Crippen molar-refractivity contribution in [2.45, 2.75) is 30.5 Å². The van der Waals surface area contributed by atoms with Gasteiger partial charge in [0.15, 0.2) is 5.82 Å². The number of thiophene rings is 1. The Bertz CT molecular complexity index is 1020. The van der Waals surface area contributed by atoms with Gasteiger partial charge in [-0.25, -0.2) is 14.6 Å². The van der Waals surface area contributed by atoms with E-state index < -0.39 is 0 Å². The second-order valence-electron chi connectivity index (χ2n) is 5.11. The lowest BCUT2D eigenvalue weighted by Gasteiger charge is -2.05. The third-order valence-corrected chi connectivity index (χ3v) is 5.38. The fourth-order valence-electron chi connectivity index (χ4n) is 2.34. The maximum Gasteiger partial charge on any atom is 0.216 e. The molecule has 0 fully saturated rings. The average Bonchev–Trinajstić information content (AvgIpc) is 3.29. The Hall–Kier alpha value is -2.39. The molecule has 0 amide bonds. The molecule has 0 saturated heterocycles. The zero-order valence-electron chi connectivity index (χ0n) is 13.1. The van der Waals surface area contributed by atoms with Crippen LogP contribution in [0.25, 0.3) is 21.6 Å². The largest absolute Gasteiger partial charge is 0.469 e. The summed E-state index contributed by atoms with van der Waals surface area (Å²) in [6.45, 7) is 3.90. The van der Waals surface area contributed by atoms with Crippen molar-refractivity contribution in [1.29, 1.82) is 0 Å². The van der Waals surface area contributed by atoms with E-state index in [1.165, 1.54) is 16.4 Å². The summed E-state index contributed by atoms with van der Waals surface area (Å²) in [6, 6.07) is 3.84. The van der Waals surface area contributed by atoms with E-state index in [2.05, 4.69) is 20.2 Å². The Kier molecular flexibility index (Phi) is 3.73. The van der Waals surface area contributed by atoms with Crippen LogP contribution in [0.3, 0.4) is 0 Å². The standard InChI is InChI=1S/C15H14N6OS2/c1-3-11-17-13-10(5-7-23-13)14(18-11)24-15-20-19-12(21(15)16)9-4-6-22-8(9)2/h4-7H,3,16H2,1-2H3. The minimum absolute atomic E-state index is 0.565. The van der Waals surface area contributed by atoms with Crippen molar-refractivity contribution < 1.29 is 4.42 Å². The SMILES string of the molecule is CCc1nc(Sc2nnc(-c3ccoc3C)n2N)c2ccsc2n1. The molecule has 0 bridgehead atoms. The van der Waals surface area contributed by atoms with Crippen molar-refractivity contribution in [1.82, 2.24) is 24.8 Å². The van der Waals surface area contributed by atoms with Gasteiger partial charge in [-0.1, -0.05) is 6.92 Å². The van der Waals surface area contributed by atoms with Crippen LogP contribution in [-0.4, -0.2) is 24.8 Å². The number of hydrogen-bond donors (Lipinski definition) is 1. The van der Waals surface area contributed by atoms with Gasteiger partial charge in [0.2, 0.25) is 5.16 Å². The van der Waals surface area contributed by atoms with Crippen LogP contribution in [0.5, 0.6) is 0 Å². The Morgan fingerprint density at radius 3 is 2.92 bits per heavy atom. The van der Waals surface area contributed by atoms with Gasteiger partial charge in [-0.15, -0.1) is 21.5 Å². The molecule has 4 aromatic heterocycles. The molecule has 0 radical (unpaired) electrons. The van der Waals surface area contributed by atoms with Gasteiger partial charge in [0.05, 0.1) is 11.8 Å². The van der Waals surface area contributed by atoms with Gasteiger partial charge < -0.3 is 10.3 Å². The summed E-state index contributed by atoms with van der Waals surface area (Å²) in [4.78, 5) is 10.1. The van der Waals surface area contributed by atoms with Gasteiger partial charge >= 0.3 is 0 Å². The van der Waals surface area contributed by atoms with Gasteiger partial charge in [0, 0.05) is 11.8 Å². The Balaban J connectivity index is 1.76. The fraction of sp³-hybridized carbons (Fsp3) is 0.200. The molecule has 7 nitrogen and oxygen atoms in total. The molecule has 4 heterocycles. The van der Waals surface area contributed by atoms with Crippen LogP contribution >= 0.6 is 23.1 Å². The predicted molar refractivity (Wildman–Crippen MR) is 93.5 cm³/mol. The first-order valence-electron chi connectivity index (χ1n) is 7.34. The molecule has 2 N–H and O–H groups in total. The highest BCUT2D eigenvalue weighted by Crippen LogP contribution is 2.34. The van der Waals surface area contributed by atoms with Gasteiger partial charge in [0.1, 0.15) is 21.4 Å². The van der Waals surface area contributed by atoms with E-state index in [1.54, 1.807) is 17.6 Å². The molecule has 0 atom stereocenters. The Morgan fingerprint density at radius 1 is 1.29 bits per heavy atom. The van der Waals surface area contributed by atoms with E-state index in [-0.39, 0.29) is 0 Å². The fourth-order valence-corrected chi connectivity index (χ4v) is 4.05. The average molecular weight is 358 g/mol. The second kappa shape index (κ2) is 5.91.